The van der Waals surface area contributed by atoms with Gasteiger partial charge >= 0.3 is 0 Å². The Kier molecular flexibility index (Phi) is 3.99. The Morgan fingerprint density at radius 1 is 1.27 bits per heavy atom. The first kappa shape index (κ1) is 8.54. The zero-order valence-electron chi connectivity index (χ0n) is 7.22. The molecular formula is C10H17N. The molecule has 0 saturated carbocycles. The largest absolute Gasteiger partial charge is 0.311 e. The minimum Gasteiger partial charge on any atom is -0.311 e. The third-order valence-corrected chi connectivity index (χ3v) is 2.00. The van der Waals surface area contributed by atoms with Gasteiger partial charge in [0.25, 0.3) is 0 Å². The van der Waals surface area contributed by atoms with E-state index in [1.807, 2.05) is 6.92 Å². The molecule has 0 unspecified atom stereocenters. The molecule has 62 valence electrons. The van der Waals surface area contributed by atoms with Crippen molar-refractivity contribution < 1.29 is 0 Å². The number of piperidine rings is 1. The Balaban J connectivity index is 2.23. The van der Waals surface area contributed by atoms with Crippen LogP contribution in [0.25, 0.3) is 0 Å². The summed E-state index contributed by atoms with van der Waals surface area (Å²) in [5, 5.41) is 3.46. The summed E-state index contributed by atoms with van der Waals surface area (Å²) >= 11 is 0. The van der Waals surface area contributed by atoms with E-state index in [0.717, 1.165) is 0 Å². The third kappa shape index (κ3) is 3.38. The van der Waals surface area contributed by atoms with Crippen molar-refractivity contribution in [1.29, 1.82) is 0 Å². The van der Waals surface area contributed by atoms with Crippen LogP contribution in [0.3, 0.4) is 0 Å². The van der Waals surface area contributed by atoms with Gasteiger partial charge in [-0.3, -0.25) is 0 Å². The van der Waals surface area contributed by atoms with Crippen LogP contribution in [0.2, 0.25) is 0 Å². The summed E-state index contributed by atoms with van der Waals surface area (Å²) in [5.74, 6) is 0. The summed E-state index contributed by atoms with van der Waals surface area (Å²) in [5.41, 5.74) is 0. The Hall–Kier alpha value is -0.560. The van der Waals surface area contributed by atoms with Crippen molar-refractivity contribution in [1.82, 2.24) is 5.32 Å². The molecule has 0 aromatic rings. The van der Waals surface area contributed by atoms with Gasteiger partial charge < -0.3 is 5.32 Å². The number of hydrogen-bond acceptors (Lipinski definition) is 1. The first-order valence-electron chi connectivity index (χ1n) is 4.46. The third-order valence-electron chi connectivity index (χ3n) is 2.00. The fourth-order valence-corrected chi connectivity index (χ4v) is 1.35. The zero-order valence-corrected chi connectivity index (χ0v) is 7.22. The van der Waals surface area contributed by atoms with Gasteiger partial charge in [-0.1, -0.05) is 30.7 Å². The van der Waals surface area contributed by atoms with Crippen molar-refractivity contribution in [2.45, 2.75) is 32.2 Å². The molecule has 0 aromatic heterocycles. The normalized spacial score (nSPS) is 26.8. The van der Waals surface area contributed by atoms with E-state index in [0.29, 0.717) is 6.04 Å². The Labute approximate surface area is 69.2 Å². The lowest BCUT2D eigenvalue weighted by Gasteiger charge is -2.19. The SMILES string of the molecule is C/C=C/C=C/[C@@H]1CCCCN1. The number of hydrogen-bond donors (Lipinski definition) is 1. The lowest BCUT2D eigenvalue weighted by molar-refractivity contribution is 0.454. The summed E-state index contributed by atoms with van der Waals surface area (Å²) in [6.45, 7) is 3.23. The van der Waals surface area contributed by atoms with Crippen LogP contribution in [0.4, 0.5) is 0 Å². The maximum Gasteiger partial charge on any atom is 0.0253 e. The van der Waals surface area contributed by atoms with Crippen molar-refractivity contribution in [2.75, 3.05) is 6.54 Å². The highest BCUT2D eigenvalue weighted by Gasteiger charge is 2.07. The van der Waals surface area contributed by atoms with Crippen LogP contribution in [0.5, 0.6) is 0 Å². The molecular weight excluding hydrogens is 134 g/mol. The molecule has 1 rings (SSSR count). The van der Waals surface area contributed by atoms with E-state index in [9.17, 15) is 0 Å². The monoisotopic (exact) mass is 151 g/mol. The molecule has 1 atom stereocenters. The molecule has 0 aliphatic carbocycles. The van der Waals surface area contributed by atoms with E-state index in [4.69, 9.17) is 0 Å². The molecule has 1 heterocycles. The van der Waals surface area contributed by atoms with Crippen molar-refractivity contribution in [3.05, 3.63) is 24.3 Å². The Morgan fingerprint density at radius 2 is 2.18 bits per heavy atom. The average molecular weight is 151 g/mol. The molecule has 1 aliphatic rings. The minimum atomic E-state index is 0.625. The standard InChI is InChI=1S/C10H17N/c1-2-3-4-7-10-8-5-6-9-11-10/h2-4,7,10-11H,5-6,8-9H2,1H3/b3-2+,7-4+/t10-/m1/s1. The van der Waals surface area contributed by atoms with Gasteiger partial charge in [0.1, 0.15) is 0 Å². The molecule has 0 spiro atoms. The van der Waals surface area contributed by atoms with Gasteiger partial charge in [-0.25, -0.2) is 0 Å². The van der Waals surface area contributed by atoms with Crippen molar-refractivity contribution in [2.24, 2.45) is 0 Å². The van der Waals surface area contributed by atoms with Gasteiger partial charge in [0.2, 0.25) is 0 Å². The van der Waals surface area contributed by atoms with E-state index >= 15 is 0 Å². The number of allylic oxidation sites excluding steroid dienone is 3. The molecule has 11 heavy (non-hydrogen) atoms. The molecule has 1 nitrogen and oxygen atoms in total. The summed E-state index contributed by atoms with van der Waals surface area (Å²) in [7, 11) is 0. The van der Waals surface area contributed by atoms with Crippen LogP contribution in [0.15, 0.2) is 24.3 Å². The first-order valence-corrected chi connectivity index (χ1v) is 4.46. The van der Waals surface area contributed by atoms with E-state index in [1.54, 1.807) is 0 Å². The molecule has 1 fully saturated rings. The highest BCUT2D eigenvalue weighted by molar-refractivity contribution is 5.05. The fraction of sp³-hybridized carbons (Fsp3) is 0.600. The lowest BCUT2D eigenvalue weighted by atomic mass is 10.0. The molecule has 0 aromatic carbocycles. The van der Waals surface area contributed by atoms with Crippen molar-refractivity contribution in [3.63, 3.8) is 0 Å². The second-order valence-electron chi connectivity index (χ2n) is 2.97. The summed E-state index contributed by atoms with van der Waals surface area (Å²) in [6, 6.07) is 0.625. The predicted octanol–water partition coefficient (Wildman–Crippen LogP) is 2.26. The Morgan fingerprint density at radius 3 is 2.82 bits per heavy atom. The molecule has 0 bridgehead atoms. The topological polar surface area (TPSA) is 12.0 Å². The van der Waals surface area contributed by atoms with Crippen LogP contribution < -0.4 is 5.32 Å². The highest BCUT2D eigenvalue weighted by Crippen LogP contribution is 2.07. The first-order chi connectivity index (χ1) is 5.43. The van der Waals surface area contributed by atoms with Crippen molar-refractivity contribution in [3.8, 4) is 0 Å². The van der Waals surface area contributed by atoms with Gasteiger partial charge in [0.15, 0.2) is 0 Å². The second kappa shape index (κ2) is 5.14. The van der Waals surface area contributed by atoms with Gasteiger partial charge in [-0.05, 0) is 26.3 Å². The molecule has 1 heteroatoms. The van der Waals surface area contributed by atoms with Crippen LogP contribution in [-0.4, -0.2) is 12.6 Å². The van der Waals surface area contributed by atoms with Crippen LogP contribution >= 0.6 is 0 Å². The van der Waals surface area contributed by atoms with Crippen LogP contribution in [-0.2, 0) is 0 Å². The van der Waals surface area contributed by atoms with Gasteiger partial charge in [-0.2, -0.15) is 0 Å². The van der Waals surface area contributed by atoms with Crippen molar-refractivity contribution >= 4 is 0 Å². The van der Waals surface area contributed by atoms with E-state index < -0.39 is 0 Å². The van der Waals surface area contributed by atoms with Crippen LogP contribution in [0, 0.1) is 0 Å². The Bertz CT molecular complexity index is 141. The van der Waals surface area contributed by atoms with Gasteiger partial charge in [0, 0.05) is 6.04 Å². The molecule has 1 aliphatic heterocycles. The van der Waals surface area contributed by atoms with Gasteiger partial charge in [-0.15, -0.1) is 0 Å². The molecule has 1 N–H and O–H groups in total. The average Bonchev–Trinajstić information content (AvgIpc) is 2.07. The summed E-state index contributed by atoms with van der Waals surface area (Å²) < 4.78 is 0. The maximum absolute atomic E-state index is 3.46. The van der Waals surface area contributed by atoms with Gasteiger partial charge in [0.05, 0.1) is 0 Å². The minimum absolute atomic E-state index is 0.625. The van der Waals surface area contributed by atoms with E-state index in [-0.39, 0.29) is 0 Å². The smallest absolute Gasteiger partial charge is 0.0253 e. The number of rotatable bonds is 2. The summed E-state index contributed by atoms with van der Waals surface area (Å²) in [6.07, 6.45) is 12.5. The van der Waals surface area contributed by atoms with E-state index in [2.05, 4.69) is 29.6 Å². The van der Waals surface area contributed by atoms with E-state index in [1.165, 1.54) is 25.8 Å². The molecule has 1 saturated heterocycles. The fourth-order valence-electron chi connectivity index (χ4n) is 1.35. The zero-order chi connectivity index (χ0) is 7.94. The number of nitrogens with one attached hydrogen (secondary N) is 1. The molecule has 0 radical (unpaired) electrons. The second-order valence-corrected chi connectivity index (χ2v) is 2.97. The highest BCUT2D eigenvalue weighted by atomic mass is 14.9. The lowest BCUT2D eigenvalue weighted by Crippen LogP contribution is -2.31. The quantitative estimate of drug-likeness (QED) is 0.597. The molecule has 0 amide bonds. The summed E-state index contributed by atoms with van der Waals surface area (Å²) in [4.78, 5) is 0. The predicted molar refractivity (Wildman–Crippen MR) is 49.6 cm³/mol. The van der Waals surface area contributed by atoms with Crippen LogP contribution in [0.1, 0.15) is 26.2 Å². The maximum atomic E-state index is 3.46.